The summed E-state index contributed by atoms with van der Waals surface area (Å²) < 4.78 is 2.11. The molecule has 2 rings (SSSR count). The van der Waals surface area contributed by atoms with Gasteiger partial charge in [0.05, 0.1) is 11.9 Å². The average molecular weight is 328 g/mol. The molecule has 1 heterocycles. The smallest absolute Gasteiger partial charge is 0.283 e. The second kappa shape index (κ2) is 6.55. The van der Waals surface area contributed by atoms with Crippen LogP contribution in [0.2, 0.25) is 0 Å². The number of hydrogen-bond donors (Lipinski definition) is 1. The molecule has 106 valence electrons. The van der Waals surface area contributed by atoms with Crippen molar-refractivity contribution in [2.24, 2.45) is 5.92 Å². The first-order valence-electron chi connectivity index (χ1n) is 7.17. The SMILES string of the molecule is CCCn1ncc(NC(CC)CC2CC2)c(Br)c1=O. The van der Waals surface area contributed by atoms with Crippen LogP contribution in [0.4, 0.5) is 5.69 Å². The lowest BCUT2D eigenvalue weighted by Crippen LogP contribution is -2.27. The van der Waals surface area contributed by atoms with Gasteiger partial charge in [0.25, 0.3) is 5.56 Å². The molecule has 4 nitrogen and oxygen atoms in total. The van der Waals surface area contributed by atoms with Gasteiger partial charge in [-0.25, -0.2) is 4.68 Å². The highest BCUT2D eigenvalue weighted by molar-refractivity contribution is 9.10. The minimum atomic E-state index is -0.0480. The summed E-state index contributed by atoms with van der Waals surface area (Å²) >= 11 is 3.40. The van der Waals surface area contributed by atoms with E-state index >= 15 is 0 Å². The molecule has 0 saturated heterocycles. The molecule has 1 aliphatic carbocycles. The van der Waals surface area contributed by atoms with Crippen molar-refractivity contribution in [3.05, 3.63) is 21.0 Å². The Labute approximate surface area is 122 Å². The summed E-state index contributed by atoms with van der Waals surface area (Å²) in [5, 5.41) is 7.68. The number of rotatable bonds is 7. The summed E-state index contributed by atoms with van der Waals surface area (Å²) in [7, 11) is 0. The summed E-state index contributed by atoms with van der Waals surface area (Å²) in [6.07, 6.45) is 7.65. The molecule has 1 aromatic rings. The van der Waals surface area contributed by atoms with Gasteiger partial charge < -0.3 is 5.32 Å². The third-order valence-corrected chi connectivity index (χ3v) is 4.35. The summed E-state index contributed by atoms with van der Waals surface area (Å²) in [5.41, 5.74) is 0.776. The van der Waals surface area contributed by atoms with Crippen molar-refractivity contribution in [2.45, 2.75) is 58.5 Å². The van der Waals surface area contributed by atoms with Crippen LogP contribution in [0.15, 0.2) is 15.5 Å². The Morgan fingerprint density at radius 2 is 2.26 bits per heavy atom. The highest BCUT2D eigenvalue weighted by Crippen LogP contribution is 2.35. The van der Waals surface area contributed by atoms with Crippen molar-refractivity contribution in [1.82, 2.24) is 9.78 Å². The second-order valence-electron chi connectivity index (χ2n) is 5.33. The first-order valence-corrected chi connectivity index (χ1v) is 7.97. The Morgan fingerprint density at radius 1 is 1.53 bits per heavy atom. The van der Waals surface area contributed by atoms with E-state index in [0.717, 1.165) is 24.4 Å². The third kappa shape index (κ3) is 3.81. The second-order valence-corrected chi connectivity index (χ2v) is 6.12. The molecule has 1 saturated carbocycles. The molecular formula is C14H22BrN3O. The quantitative estimate of drug-likeness (QED) is 0.834. The molecular weight excluding hydrogens is 306 g/mol. The topological polar surface area (TPSA) is 46.9 Å². The molecule has 0 aliphatic heterocycles. The predicted octanol–water partition coefficient (Wildman–Crippen LogP) is 3.41. The Morgan fingerprint density at radius 3 is 2.84 bits per heavy atom. The van der Waals surface area contributed by atoms with E-state index in [2.05, 4.69) is 33.3 Å². The molecule has 5 heteroatoms. The van der Waals surface area contributed by atoms with Crippen LogP contribution in [-0.2, 0) is 6.54 Å². The average Bonchev–Trinajstić information content (AvgIpc) is 3.21. The molecule has 0 spiro atoms. The Bertz CT molecular complexity index is 482. The Kier molecular flexibility index (Phi) is 5.02. The van der Waals surface area contributed by atoms with E-state index in [0.29, 0.717) is 17.1 Å². The van der Waals surface area contributed by atoms with E-state index in [9.17, 15) is 4.79 Å². The van der Waals surface area contributed by atoms with E-state index in [1.54, 1.807) is 6.20 Å². The van der Waals surface area contributed by atoms with Crippen molar-refractivity contribution >= 4 is 21.6 Å². The third-order valence-electron chi connectivity index (χ3n) is 3.59. The summed E-state index contributed by atoms with van der Waals surface area (Å²) in [5.74, 6) is 0.879. The van der Waals surface area contributed by atoms with Gasteiger partial charge in [-0.05, 0) is 41.1 Å². The zero-order valence-corrected chi connectivity index (χ0v) is 13.2. The summed E-state index contributed by atoms with van der Waals surface area (Å²) in [6.45, 7) is 4.88. The Balaban J connectivity index is 2.10. The number of nitrogens with zero attached hydrogens (tertiary/aromatic N) is 2. The molecule has 1 unspecified atom stereocenters. The molecule has 0 radical (unpaired) electrons. The predicted molar refractivity (Wildman–Crippen MR) is 81.5 cm³/mol. The van der Waals surface area contributed by atoms with Crippen molar-refractivity contribution in [2.75, 3.05) is 5.32 Å². The van der Waals surface area contributed by atoms with E-state index in [-0.39, 0.29) is 5.56 Å². The lowest BCUT2D eigenvalue weighted by molar-refractivity contribution is 0.560. The van der Waals surface area contributed by atoms with Crippen LogP contribution in [0.1, 0.15) is 46.0 Å². The minimum absolute atomic E-state index is 0.0480. The van der Waals surface area contributed by atoms with Gasteiger partial charge in [0.15, 0.2) is 0 Å². The van der Waals surface area contributed by atoms with E-state index < -0.39 is 0 Å². The number of halogens is 1. The molecule has 0 aromatic carbocycles. The lowest BCUT2D eigenvalue weighted by atomic mass is 10.1. The van der Waals surface area contributed by atoms with Crippen LogP contribution in [0.5, 0.6) is 0 Å². The molecule has 0 amide bonds. The lowest BCUT2D eigenvalue weighted by Gasteiger charge is -2.19. The van der Waals surface area contributed by atoms with Gasteiger partial charge in [0.1, 0.15) is 4.47 Å². The van der Waals surface area contributed by atoms with Gasteiger partial charge >= 0.3 is 0 Å². The number of hydrogen-bond acceptors (Lipinski definition) is 3. The number of nitrogens with one attached hydrogen (secondary N) is 1. The maximum absolute atomic E-state index is 12.1. The van der Waals surface area contributed by atoms with Gasteiger partial charge in [0, 0.05) is 12.6 Å². The standard InChI is InChI=1S/C14H22BrN3O/c1-3-7-18-14(19)13(15)12(9-16-18)17-11(4-2)8-10-5-6-10/h9-11,17H,3-8H2,1-2H3. The van der Waals surface area contributed by atoms with Crippen molar-refractivity contribution in [1.29, 1.82) is 0 Å². The highest BCUT2D eigenvalue weighted by atomic mass is 79.9. The Hall–Kier alpha value is -0.840. The molecule has 19 heavy (non-hydrogen) atoms. The largest absolute Gasteiger partial charge is 0.380 e. The van der Waals surface area contributed by atoms with Gasteiger partial charge in [-0.3, -0.25) is 4.79 Å². The summed E-state index contributed by atoms with van der Waals surface area (Å²) in [4.78, 5) is 12.1. The van der Waals surface area contributed by atoms with Gasteiger partial charge in [-0.2, -0.15) is 5.10 Å². The molecule has 0 bridgehead atoms. The fourth-order valence-electron chi connectivity index (χ4n) is 2.24. The fraction of sp³-hybridized carbons (Fsp3) is 0.714. The summed E-state index contributed by atoms with van der Waals surface area (Å²) in [6, 6.07) is 0.437. The van der Waals surface area contributed by atoms with E-state index in [1.165, 1.54) is 23.9 Å². The van der Waals surface area contributed by atoms with Crippen LogP contribution in [0.25, 0.3) is 0 Å². The fourth-order valence-corrected chi connectivity index (χ4v) is 2.66. The normalized spacial score (nSPS) is 16.4. The van der Waals surface area contributed by atoms with Crippen LogP contribution >= 0.6 is 15.9 Å². The first kappa shape index (κ1) is 14.6. The molecule has 1 fully saturated rings. The van der Waals surface area contributed by atoms with Crippen molar-refractivity contribution in [3.63, 3.8) is 0 Å². The maximum Gasteiger partial charge on any atom is 0.283 e. The van der Waals surface area contributed by atoms with Gasteiger partial charge in [-0.1, -0.05) is 26.7 Å². The minimum Gasteiger partial charge on any atom is -0.380 e. The van der Waals surface area contributed by atoms with E-state index in [4.69, 9.17) is 0 Å². The monoisotopic (exact) mass is 327 g/mol. The molecule has 1 atom stereocenters. The zero-order valence-electron chi connectivity index (χ0n) is 11.7. The number of aromatic nitrogens is 2. The number of anilines is 1. The van der Waals surface area contributed by atoms with E-state index in [1.807, 2.05) is 6.92 Å². The highest BCUT2D eigenvalue weighted by Gasteiger charge is 2.25. The zero-order chi connectivity index (χ0) is 13.8. The van der Waals surface area contributed by atoms with Crippen molar-refractivity contribution < 1.29 is 0 Å². The number of aryl methyl sites for hydroxylation is 1. The van der Waals surface area contributed by atoms with Gasteiger partial charge in [0.2, 0.25) is 0 Å². The van der Waals surface area contributed by atoms with Crippen LogP contribution in [0, 0.1) is 5.92 Å². The van der Waals surface area contributed by atoms with Crippen LogP contribution in [-0.4, -0.2) is 15.8 Å². The molecule has 1 aromatic heterocycles. The van der Waals surface area contributed by atoms with Crippen LogP contribution < -0.4 is 10.9 Å². The molecule has 1 N–H and O–H groups in total. The van der Waals surface area contributed by atoms with Crippen LogP contribution in [0.3, 0.4) is 0 Å². The maximum atomic E-state index is 12.1. The van der Waals surface area contributed by atoms with Crippen molar-refractivity contribution in [3.8, 4) is 0 Å². The van der Waals surface area contributed by atoms with Gasteiger partial charge in [-0.15, -0.1) is 0 Å². The first-order chi connectivity index (χ1) is 9.15. The molecule has 1 aliphatic rings.